The molecule has 1 fully saturated rings. The van der Waals surface area contributed by atoms with E-state index in [0.717, 1.165) is 48.2 Å². The van der Waals surface area contributed by atoms with Gasteiger partial charge in [0.25, 0.3) is 5.91 Å². The SMILES string of the molecule is Cc1cc(C(C(=O)Nc2ccc3c(c2)CCC3)N(C)CCN(C)C(=O)[C@@H]2CCCO2)cnc1C.O=C(O)C(F)(F)F. The molecule has 2 aliphatic rings. The number of hydrogen-bond donors (Lipinski definition) is 2. The molecule has 2 amide bonds. The number of rotatable bonds is 8. The Labute approximate surface area is 237 Å². The second kappa shape index (κ2) is 13.9. The number of amides is 2. The van der Waals surface area contributed by atoms with Gasteiger partial charge in [-0.2, -0.15) is 13.2 Å². The van der Waals surface area contributed by atoms with E-state index in [4.69, 9.17) is 14.6 Å². The molecule has 4 rings (SSSR count). The Morgan fingerprint density at radius 2 is 1.78 bits per heavy atom. The molecule has 12 heteroatoms. The highest BCUT2D eigenvalue weighted by molar-refractivity contribution is 5.95. The number of aromatic nitrogens is 1. The molecule has 0 saturated carbocycles. The van der Waals surface area contributed by atoms with E-state index >= 15 is 0 Å². The summed E-state index contributed by atoms with van der Waals surface area (Å²) in [5, 5.41) is 10.3. The molecule has 9 nitrogen and oxygen atoms in total. The highest BCUT2D eigenvalue weighted by Crippen LogP contribution is 2.27. The molecule has 2 heterocycles. The van der Waals surface area contributed by atoms with Gasteiger partial charge >= 0.3 is 12.1 Å². The summed E-state index contributed by atoms with van der Waals surface area (Å²) >= 11 is 0. The first-order valence-corrected chi connectivity index (χ1v) is 13.5. The summed E-state index contributed by atoms with van der Waals surface area (Å²) in [4.78, 5) is 43.3. The van der Waals surface area contributed by atoms with Crippen molar-refractivity contribution in [2.45, 2.75) is 64.3 Å². The topological polar surface area (TPSA) is 112 Å². The number of pyridine rings is 1. The van der Waals surface area contributed by atoms with Crippen molar-refractivity contribution in [3.63, 3.8) is 0 Å². The number of ether oxygens (including phenoxy) is 1. The van der Waals surface area contributed by atoms with Crippen molar-refractivity contribution < 1.29 is 37.4 Å². The van der Waals surface area contributed by atoms with Gasteiger partial charge in [0.15, 0.2) is 0 Å². The molecule has 1 aliphatic heterocycles. The number of carboxylic acid groups (broad SMARTS) is 1. The second-order valence-corrected chi connectivity index (χ2v) is 10.4. The minimum Gasteiger partial charge on any atom is -0.475 e. The minimum atomic E-state index is -5.08. The van der Waals surface area contributed by atoms with E-state index in [1.54, 1.807) is 18.1 Å². The Morgan fingerprint density at radius 3 is 2.39 bits per heavy atom. The molecule has 41 heavy (non-hydrogen) atoms. The maximum atomic E-state index is 13.6. The molecule has 1 aliphatic carbocycles. The Kier molecular flexibility index (Phi) is 10.9. The van der Waals surface area contributed by atoms with Gasteiger partial charge in [-0.15, -0.1) is 0 Å². The van der Waals surface area contributed by atoms with Gasteiger partial charge in [0.2, 0.25) is 5.91 Å². The maximum Gasteiger partial charge on any atom is 0.490 e. The average Bonchev–Trinajstić information content (AvgIpc) is 3.61. The van der Waals surface area contributed by atoms with E-state index in [2.05, 4.69) is 22.4 Å². The number of carbonyl (C=O) groups excluding carboxylic acids is 2. The summed E-state index contributed by atoms with van der Waals surface area (Å²) in [7, 11) is 3.72. The monoisotopic (exact) mass is 578 g/mol. The molecule has 2 aromatic rings. The van der Waals surface area contributed by atoms with Crippen LogP contribution in [0.1, 0.15) is 53.3 Å². The number of halogens is 3. The van der Waals surface area contributed by atoms with Crippen molar-refractivity contribution in [3.05, 3.63) is 58.4 Å². The third-order valence-corrected chi connectivity index (χ3v) is 7.34. The number of fused-ring (bicyclic) bond motifs is 1. The van der Waals surface area contributed by atoms with Gasteiger partial charge in [0.05, 0.1) is 0 Å². The van der Waals surface area contributed by atoms with Crippen molar-refractivity contribution >= 4 is 23.5 Å². The van der Waals surface area contributed by atoms with E-state index in [9.17, 15) is 22.8 Å². The van der Waals surface area contributed by atoms with Crippen molar-refractivity contribution in [1.82, 2.24) is 14.8 Å². The molecule has 224 valence electrons. The molecule has 0 bridgehead atoms. The van der Waals surface area contributed by atoms with Gasteiger partial charge in [-0.1, -0.05) is 12.1 Å². The van der Waals surface area contributed by atoms with Crippen LogP contribution in [0.15, 0.2) is 30.5 Å². The third kappa shape index (κ3) is 8.74. The van der Waals surface area contributed by atoms with E-state index in [1.807, 2.05) is 37.9 Å². The normalized spacial score (nSPS) is 16.9. The van der Waals surface area contributed by atoms with E-state index < -0.39 is 18.2 Å². The van der Waals surface area contributed by atoms with Crippen molar-refractivity contribution in [1.29, 1.82) is 0 Å². The lowest BCUT2D eigenvalue weighted by atomic mass is 10.0. The molecule has 1 unspecified atom stereocenters. The first kappa shape index (κ1) is 32.0. The molecule has 2 N–H and O–H groups in total. The summed E-state index contributed by atoms with van der Waals surface area (Å²) in [5.41, 5.74) is 6.37. The van der Waals surface area contributed by atoms with Crippen LogP contribution in [-0.4, -0.2) is 83.7 Å². The molecular formula is C29H37F3N4O5. The van der Waals surface area contributed by atoms with E-state index in [0.29, 0.717) is 19.7 Å². The van der Waals surface area contributed by atoms with Crippen molar-refractivity contribution in [2.24, 2.45) is 0 Å². The van der Waals surface area contributed by atoms with Crippen molar-refractivity contribution in [2.75, 3.05) is 39.1 Å². The predicted molar refractivity (Wildman–Crippen MR) is 146 cm³/mol. The van der Waals surface area contributed by atoms with Gasteiger partial charge in [-0.05, 0) is 87.4 Å². The number of aryl methyl sites for hydroxylation is 4. The first-order valence-electron chi connectivity index (χ1n) is 13.5. The largest absolute Gasteiger partial charge is 0.490 e. The van der Waals surface area contributed by atoms with Crippen LogP contribution < -0.4 is 5.32 Å². The predicted octanol–water partition coefficient (Wildman–Crippen LogP) is 4.07. The van der Waals surface area contributed by atoms with Crippen LogP contribution in [0, 0.1) is 13.8 Å². The lowest BCUT2D eigenvalue weighted by Gasteiger charge is -2.30. The van der Waals surface area contributed by atoms with Crippen LogP contribution in [0.25, 0.3) is 0 Å². The van der Waals surface area contributed by atoms with E-state index in [1.165, 1.54) is 17.5 Å². The Morgan fingerprint density at radius 1 is 1.10 bits per heavy atom. The summed E-state index contributed by atoms with van der Waals surface area (Å²) in [6.07, 6.45) is 1.42. The van der Waals surface area contributed by atoms with Crippen LogP contribution in [0.4, 0.5) is 18.9 Å². The van der Waals surface area contributed by atoms with Gasteiger partial charge in [-0.25, -0.2) is 4.79 Å². The van der Waals surface area contributed by atoms with Crippen LogP contribution in [0.5, 0.6) is 0 Å². The summed E-state index contributed by atoms with van der Waals surface area (Å²) in [6.45, 7) is 5.68. The smallest absolute Gasteiger partial charge is 0.475 e. The summed E-state index contributed by atoms with van der Waals surface area (Å²) in [6, 6.07) is 7.73. The molecule has 1 aromatic carbocycles. The third-order valence-electron chi connectivity index (χ3n) is 7.34. The number of hydrogen-bond acceptors (Lipinski definition) is 6. The van der Waals surface area contributed by atoms with Crippen LogP contribution >= 0.6 is 0 Å². The van der Waals surface area contributed by atoms with Gasteiger partial charge in [0, 0.05) is 44.3 Å². The Balaban J connectivity index is 0.000000587. The lowest BCUT2D eigenvalue weighted by molar-refractivity contribution is -0.192. The highest BCUT2D eigenvalue weighted by Gasteiger charge is 2.38. The van der Waals surface area contributed by atoms with Crippen molar-refractivity contribution in [3.8, 4) is 0 Å². The number of nitrogens with one attached hydrogen (secondary N) is 1. The highest BCUT2D eigenvalue weighted by atomic mass is 19.4. The minimum absolute atomic E-state index is 0.0119. The Bertz CT molecular complexity index is 1250. The number of carbonyl (C=O) groups is 3. The van der Waals surface area contributed by atoms with E-state index in [-0.39, 0.29) is 17.9 Å². The van der Waals surface area contributed by atoms with Gasteiger partial charge in [0.1, 0.15) is 12.1 Å². The number of benzene rings is 1. The maximum absolute atomic E-state index is 13.6. The van der Waals surface area contributed by atoms with Crippen LogP contribution in [0.3, 0.4) is 0 Å². The fourth-order valence-corrected chi connectivity index (χ4v) is 4.85. The molecule has 1 aromatic heterocycles. The zero-order chi connectivity index (χ0) is 30.3. The number of likely N-dealkylation sites (N-methyl/N-ethyl adjacent to an activating group) is 2. The number of nitrogens with zero attached hydrogens (tertiary/aromatic N) is 3. The number of alkyl halides is 3. The molecule has 1 saturated heterocycles. The standard InChI is InChI=1S/C27H36N4O3.C2HF3O2/c1-18-15-22(17-28-19(18)2)25(26(32)29-23-11-10-20-7-5-8-21(20)16-23)30(3)12-13-31(4)27(33)24-9-6-14-34-24;3-2(4,5)1(6)7/h10-11,15-17,24-25H,5-9,12-14H2,1-4H3,(H,29,32);(H,6,7)/t24-,25?;/m0./s1. The van der Waals surface area contributed by atoms with Gasteiger partial charge in [-0.3, -0.25) is 19.5 Å². The van der Waals surface area contributed by atoms with Crippen LogP contribution in [0.2, 0.25) is 0 Å². The zero-order valence-electron chi connectivity index (χ0n) is 23.8. The number of anilines is 1. The Hall–Kier alpha value is -3.51. The average molecular weight is 579 g/mol. The summed E-state index contributed by atoms with van der Waals surface area (Å²) in [5.74, 6) is -2.84. The number of carboxylic acids is 1. The first-order chi connectivity index (χ1) is 19.3. The molecule has 2 atom stereocenters. The molecular weight excluding hydrogens is 541 g/mol. The fraction of sp³-hybridized carbons (Fsp3) is 0.517. The summed E-state index contributed by atoms with van der Waals surface area (Å²) < 4.78 is 37.3. The molecule has 0 radical (unpaired) electrons. The van der Waals surface area contributed by atoms with Crippen LogP contribution in [-0.2, 0) is 32.0 Å². The second-order valence-electron chi connectivity index (χ2n) is 10.4. The zero-order valence-corrected chi connectivity index (χ0v) is 23.8. The quantitative estimate of drug-likeness (QED) is 0.486. The van der Waals surface area contributed by atoms with Gasteiger partial charge < -0.3 is 20.1 Å². The fourth-order valence-electron chi connectivity index (χ4n) is 4.85. The number of aliphatic carboxylic acids is 1. The molecule has 0 spiro atoms. The lowest BCUT2D eigenvalue weighted by Crippen LogP contribution is -2.43.